The van der Waals surface area contributed by atoms with Gasteiger partial charge in [-0.25, -0.2) is 9.97 Å². The van der Waals surface area contributed by atoms with E-state index in [-0.39, 0.29) is 23.2 Å². The van der Waals surface area contributed by atoms with Gasteiger partial charge in [-0.3, -0.25) is 19.3 Å². The lowest BCUT2D eigenvalue weighted by Gasteiger charge is -2.12. The molecule has 200 valence electrons. The lowest BCUT2D eigenvalue weighted by molar-refractivity contribution is 0.0952. The molecule has 1 fully saturated rings. The van der Waals surface area contributed by atoms with Crippen LogP contribution in [0.4, 0.5) is 11.5 Å². The molecule has 0 saturated heterocycles. The number of anilines is 2. The maximum absolute atomic E-state index is 13.2. The van der Waals surface area contributed by atoms with Crippen LogP contribution < -0.4 is 16.0 Å². The first-order chi connectivity index (χ1) is 18.9. The van der Waals surface area contributed by atoms with Crippen molar-refractivity contribution in [1.29, 1.82) is 0 Å². The van der Waals surface area contributed by atoms with Crippen molar-refractivity contribution in [3.8, 4) is 11.3 Å². The SMILES string of the molecule is CC1=C(CNC(=O)c2nn(C)cc2NC(=O)c2cccc(-c3ccnc(NCC4CC4)c3)n2)C=CN=CC1C. The van der Waals surface area contributed by atoms with Crippen LogP contribution in [0.3, 0.4) is 0 Å². The summed E-state index contributed by atoms with van der Waals surface area (Å²) in [7, 11) is 1.70. The second-order valence-electron chi connectivity index (χ2n) is 9.97. The highest BCUT2D eigenvalue weighted by atomic mass is 16.2. The van der Waals surface area contributed by atoms with Crippen molar-refractivity contribution in [3.05, 3.63) is 77.5 Å². The van der Waals surface area contributed by atoms with E-state index >= 15 is 0 Å². The average molecular weight is 525 g/mol. The van der Waals surface area contributed by atoms with Crippen LogP contribution in [0.1, 0.15) is 47.7 Å². The van der Waals surface area contributed by atoms with Gasteiger partial charge < -0.3 is 16.0 Å². The zero-order chi connectivity index (χ0) is 27.4. The molecule has 0 radical (unpaired) electrons. The number of hydrogen-bond acceptors (Lipinski definition) is 7. The van der Waals surface area contributed by atoms with E-state index in [1.165, 1.54) is 17.5 Å². The predicted octanol–water partition coefficient (Wildman–Crippen LogP) is 4.23. The van der Waals surface area contributed by atoms with E-state index in [0.29, 0.717) is 17.9 Å². The summed E-state index contributed by atoms with van der Waals surface area (Å²) in [6, 6.07) is 9.07. The Morgan fingerprint density at radius 1 is 1.15 bits per heavy atom. The van der Waals surface area contributed by atoms with Gasteiger partial charge in [-0.05, 0) is 61.6 Å². The van der Waals surface area contributed by atoms with E-state index in [9.17, 15) is 9.59 Å². The van der Waals surface area contributed by atoms with Crippen LogP contribution >= 0.6 is 0 Å². The number of nitrogens with zero attached hydrogens (tertiary/aromatic N) is 5. The summed E-state index contributed by atoms with van der Waals surface area (Å²) >= 11 is 0. The normalized spacial score (nSPS) is 16.6. The number of nitrogens with one attached hydrogen (secondary N) is 3. The van der Waals surface area contributed by atoms with Crippen molar-refractivity contribution in [2.45, 2.75) is 26.7 Å². The molecule has 4 heterocycles. The molecule has 1 atom stereocenters. The molecule has 10 heteroatoms. The third-order valence-corrected chi connectivity index (χ3v) is 6.90. The van der Waals surface area contributed by atoms with Gasteiger partial charge in [0, 0.05) is 56.4 Å². The van der Waals surface area contributed by atoms with Gasteiger partial charge >= 0.3 is 0 Å². The van der Waals surface area contributed by atoms with Crippen molar-refractivity contribution in [2.75, 3.05) is 23.7 Å². The Hall–Kier alpha value is -4.60. The smallest absolute Gasteiger partial charge is 0.274 e. The van der Waals surface area contributed by atoms with Crippen LogP contribution in [-0.4, -0.2) is 50.9 Å². The number of allylic oxidation sites excluding steroid dienone is 1. The summed E-state index contributed by atoms with van der Waals surface area (Å²) in [5.41, 5.74) is 4.29. The molecule has 10 nitrogen and oxygen atoms in total. The number of hydrogen-bond donors (Lipinski definition) is 3. The monoisotopic (exact) mass is 524 g/mol. The first-order valence-electron chi connectivity index (χ1n) is 13.1. The molecule has 5 rings (SSSR count). The van der Waals surface area contributed by atoms with Crippen LogP contribution in [0.5, 0.6) is 0 Å². The molecule has 1 aliphatic carbocycles. The number of carbonyl (C=O) groups is 2. The molecule has 1 saturated carbocycles. The fourth-order valence-corrected chi connectivity index (χ4v) is 4.22. The summed E-state index contributed by atoms with van der Waals surface area (Å²) in [6.45, 7) is 5.32. The minimum atomic E-state index is -0.434. The van der Waals surface area contributed by atoms with Gasteiger partial charge in [0.2, 0.25) is 0 Å². The van der Waals surface area contributed by atoms with E-state index in [1.54, 1.807) is 37.8 Å². The Balaban J connectivity index is 1.28. The van der Waals surface area contributed by atoms with Gasteiger partial charge in [0.15, 0.2) is 5.69 Å². The number of pyridine rings is 2. The Labute approximate surface area is 227 Å². The molecular formula is C29H32N8O2. The number of aliphatic imine (C=N–C) groups is 1. The second kappa shape index (κ2) is 11.4. The summed E-state index contributed by atoms with van der Waals surface area (Å²) in [5, 5.41) is 13.4. The van der Waals surface area contributed by atoms with E-state index in [1.807, 2.05) is 37.4 Å². The molecule has 39 heavy (non-hydrogen) atoms. The van der Waals surface area contributed by atoms with Crippen LogP contribution in [0.25, 0.3) is 11.3 Å². The molecule has 3 aromatic heterocycles. The Kier molecular flexibility index (Phi) is 7.62. The molecule has 0 spiro atoms. The van der Waals surface area contributed by atoms with Gasteiger partial charge in [-0.15, -0.1) is 0 Å². The molecule has 2 aliphatic rings. The summed E-state index contributed by atoms with van der Waals surface area (Å²) in [6.07, 6.45) is 11.3. The molecule has 3 N–H and O–H groups in total. The van der Waals surface area contributed by atoms with Crippen LogP contribution in [0.2, 0.25) is 0 Å². The summed E-state index contributed by atoms with van der Waals surface area (Å²) in [5.74, 6) is 0.874. The minimum absolute atomic E-state index is 0.127. The molecule has 1 unspecified atom stereocenters. The fraction of sp³-hybridized carbons (Fsp3) is 0.310. The van der Waals surface area contributed by atoms with E-state index in [0.717, 1.165) is 35.0 Å². The van der Waals surface area contributed by atoms with Gasteiger partial charge in [0.1, 0.15) is 11.5 Å². The Morgan fingerprint density at radius 2 is 2.00 bits per heavy atom. The molecule has 0 bridgehead atoms. The number of aromatic nitrogens is 4. The van der Waals surface area contributed by atoms with E-state index < -0.39 is 5.91 Å². The maximum atomic E-state index is 13.2. The van der Waals surface area contributed by atoms with E-state index in [2.05, 4.69) is 42.9 Å². The first kappa shape index (κ1) is 26.0. The maximum Gasteiger partial charge on any atom is 0.274 e. The lowest BCUT2D eigenvalue weighted by Crippen LogP contribution is -2.28. The summed E-state index contributed by atoms with van der Waals surface area (Å²) in [4.78, 5) is 39.4. The number of rotatable bonds is 9. The van der Waals surface area contributed by atoms with Gasteiger partial charge in [0.25, 0.3) is 11.8 Å². The first-order valence-corrected chi connectivity index (χ1v) is 13.1. The van der Waals surface area contributed by atoms with Crippen molar-refractivity contribution in [1.82, 2.24) is 25.1 Å². The third kappa shape index (κ3) is 6.46. The highest BCUT2D eigenvalue weighted by Gasteiger charge is 2.22. The largest absolute Gasteiger partial charge is 0.370 e. The molecule has 2 amide bonds. The second-order valence-corrected chi connectivity index (χ2v) is 9.97. The van der Waals surface area contributed by atoms with Crippen molar-refractivity contribution < 1.29 is 9.59 Å². The van der Waals surface area contributed by atoms with Crippen molar-refractivity contribution >= 4 is 29.5 Å². The van der Waals surface area contributed by atoms with Gasteiger partial charge in [-0.1, -0.05) is 18.6 Å². The average Bonchev–Trinajstić information content (AvgIpc) is 3.73. The third-order valence-electron chi connectivity index (χ3n) is 6.90. The van der Waals surface area contributed by atoms with Gasteiger partial charge in [-0.2, -0.15) is 5.10 Å². The fourth-order valence-electron chi connectivity index (χ4n) is 4.22. The Bertz CT molecular complexity index is 1480. The van der Waals surface area contributed by atoms with Crippen LogP contribution in [0, 0.1) is 11.8 Å². The number of carbonyl (C=O) groups excluding carboxylic acids is 2. The molecule has 1 aliphatic heterocycles. The predicted molar refractivity (Wildman–Crippen MR) is 152 cm³/mol. The topological polar surface area (TPSA) is 126 Å². The van der Waals surface area contributed by atoms with Crippen molar-refractivity contribution in [2.24, 2.45) is 23.9 Å². The Morgan fingerprint density at radius 3 is 2.82 bits per heavy atom. The van der Waals surface area contributed by atoms with Crippen molar-refractivity contribution in [3.63, 3.8) is 0 Å². The molecule has 3 aromatic rings. The minimum Gasteiger partial charge on any atom is -0.370 e. The molecule has 0 aromatic carbocycles. The lowest BCUT2D eigenvalue weighted by atomic mass is 9.98. The van der Waals surface area contributed by atoms with Crippen LogP contribution in [-0.2, 0) is 7.05 Å². The van der Waals surface area contributed by atoms with Gasteiger partial charge in [0.05, 0.1) is 11.4 Å². The zero-order valence-corrected chi connectivity index (χ0v) is 22.3. The highest BCUT2D eigenvalue weighted by molar-refractivity contribution is 6.07. The summed E-state index contributed by atoms with van der Waals surface area (Å²) < 4.78 is 1.49. The zero-order valence-electron chi connectivity index (χ0n) is 22.3. The quantitative estimate of drug-likeness (QED) is 0.385. The number of amides is 2. The molecular weight excluding hydrogens is 492 g/mol. The van der Waals surface area contributed by atoms with Crippen LogP contribution in [0.15, 0.2) is 71.1 Å². The highest BCUT2D eigenvalue weighted by Crippen LogP contribution is 2.29. The number of aryl methyl sites for hydroxylation is 1. The standard InChI is InChI=1S/C29H32N8O2/c1-18-14-30-11-9-22(19(18)2)16-33-29(39)27-25(17-37(3)36-27)35-28(38)24-6-4-5-23(34-24)21-10-12-31-26(13-21)32-15-20-7-8-20/h4-6,9-14,17-18,20H,7-8,15-16H2,1-3H3,(H,31,32)(H,33,39)(H,35,38). The van der Waals surface area contributed by atoms with E-state index in [4.69, 9.17) is 0 Å².